The van der Waals surface area contributed by atoms with Crippen LogP contribution in [0.25, 0.3) is 0 Å². The lowest BCUT2D eigenvalue weighted by molar-refractivity contribution is -0.130. The van der Waals surface area contributed by atoms with Crippen LogP contribution in [0.1, 0.15) is 25.3 Å². The van der Waals surface area contributed by atoms with E-state index in [2.05, 4.69) is 15.5 Å². The molecule has 1 saturated heterocycles. The van der Waals surface area contributed by atoms with Crippen molar-refractivity contribution in [3.63, 3.8) is 0 Å². The number of anilines is 1. The molecular weight excluding hydrogens is 230 g/mol. The molecule has 2 rings (SSSR count). The van der Waals surface area contributed by atoms with Crippen LogP contribution >= 0.6 is 0 Å². The highest BCUT2D eigenvalue weighted by Crippen LogP contribution is 2.13. The lowest BCUT2D eigenvalue weighted by Gasteiger charge is -2.21. The van der Waals surface area contributed by atoms with E-state index in [-0.39, 0.29) is 5.91 Å². The molecule has 0 aliphatic carbocycles. The number of hydrogen-bond donors (Lipinski definition) is 1. The zero-order valence-electron chi connectivity index (χ0n) is 10.3. The second-order valence-electron chi connectivity index (χ2n) is 4.30. The maximum atomic E-state index is 12.1. The Morgan fingerprint density at radius 1 is 1.56 bits per heavy atom. The molecule has 0 bridgehead atoms. The SMILES string of the molecule is CC(Nc1nnccc1C#N)C(=O)N1CCCC1. The summed E-state index contributed by atoms with van der Waals surface area (Å²) >= 11 is 0. The standard InChI is InChI=1S/C12H15N5O/c1-9(12(18)17-6-2-3-7-17)15-11-10(8-13)4-5-14-16-11/h4-5,9H,2-3,6-7H2,1H3,(H,15,16). The second-order valence-corrected chi connectivity index (χ2v) is 4.30. The number of nitriles is 1. The number of hydrogen-bond acceptors (Lipinski definition) is 5. The van der Waals surface area contributed by atoms with Crippen molar-refractivity contribution in [1.82, 2.24) is 15.1 Å². The monoisotopic (exact) mass is 245 g/mol. The van der Waals surface area contributed by atoms with Crippen molar-refractivity contribution in [2.24, 2.45) is 0 Å². The van der Waals surface area contributed by atoms with Crippen LogP contribution in [0, 0.1) is 11.3 Å². The fourth-order valence-electron chi connectivity index (χ4n) is 2.01. The van der Waals surface area contributed by atoms with Crippen molar-refractivity contribution < 1.29 is 4.79 Å². The maximum Gasteiger partial charge on any atom is 0.244 e. The van der Waals surface area contributed by atoms with Gasteiger partial charge in [-0.15, -0.1) is 5.10 Å². The molecule has 6 heteroatoms. The largest absolute Gasteiger partial charge is 0.356 e. The Hall–Kier alpha value is -2.16. The van der Waals surface area contributed by atoms with E-state index in [4.69, 9.17) is 5.26 Å². The van der Waals surface area contributed by atoms with Gasteiger partial charge >= 0.3 is 0 Å². The number of carbonyl (C=O) groups excluding carboxylic acids is 1. The quantitative estimate of drug-likeness (QED) is 0.850. The molecule has 0 spiro atoms. The molecule has 1 N–H and O–H groups in total. The number of aromatic nitrogens is 2. The van der Waals surface area contributed by atoms with Crippen molar-refractivity contribution in [1.29, 1.82) is 5.26 Å². The van der Waals surface area contributed by atoms with E-state index in [0.717, 1.165) is 25.9 Å². The smallest absolute Gasteiger partial charge is 0.244 e. The normalized spacial score (nSPS) is 16.1. The van der Waals surface area contributed by atoms with Crippen LogP contribution in [-0.4, -0.2) is 40.1 Å². The molecule has 1 unspecified atom stereocenters. The molecule has 0 aromatic carbocycles. The lowest BCUT2D eigenvalue weighted by Crippen LogP contribution is -2.40. The first-order valence-electron chi connectivity index (χ1n) is 5.99. The number of amides is 1. The molecule has 0 saturated carbocycles. The minimum absolute atomic E-state index is 0.0436. The summed E-state index contributed by atoms with van der Waals surface area (Å²) in [6.07, 6.45) is 3.58. The first kappa shape index (κ1) is 12.3. The van der Waals surface area contributed by atoms with E-state index in [9.17, 15) is 4.79 Å². The van der Waals surface area contributed by atoms with E-state index >= 15 is 0 Å². The van der Waals surface area contributed by atoms with Gasteiger partial charge in [-0.1, -0.05) is 0 Å². The number of nitrogens with one attached hydrogen (secondary N) is 1. The molecule has 1 aliphatic rings. The molecule has 94 valence electrons. The van der Waals surface area contributed by atoms with Crippen LogP contribution < -0.4 is 5.32 Å². The number of carbonyl (C=O) groups is 1. The molecule has 18 heavy (non-hydrogen) atoms. The van der Waals surface area contributed by atoms with Gasteiger partial charge in [-0.05, 0) is 25.8 Å². The van der Waals surface area contributed by atoms with Gasteiger partial charge in [0.05, 0.1) is 11.8 Å². The minimum Gasteiger partial charge on any atom is -0.356 e. The Labute approximate surface area is 106 Å². The summed E-state index contributed by atoms with van der Waals surface area (Å²) in [7, 11) is 0. The number of likely N-dealkylation sites (tertiary alicyclic amines) is 1. The Balaban J connectivity index is 2.04. The van der Waals surface area contributed by atoms with Gasteiger partial charge in [0.25, 0.3) is 0 Å². The summed E-state index contributed by atoms with van der Waals surface area (Å²) in [6.45, 7) is 3.41. The highest BCUT2D eigenvalue weighted by atomic mass is 16.2. The summed E-state index contributed by atoms with van der Waals surface area (Å²) < 4.78 is 0. The molecule has 1 aromatic rings. The molecule has 1 aromatic heterocycles. The van der Waals surface area contributed by atoms with Crippen molar-refractivity contribution in [2.45, 2.75) is 25.8 Å². The van der Waals surface area contributed by atoms with Crippen LogP contribution in [0.2, 0.25) is 0 Å². The van der Waals surface area contributed by atoms with E-state index in [0.29, 0.717) is 11.4 Å². The Kier molecular flexibility index (Phi) is 3.72. The van der Waals surface area contributed by atoms with E-state index in [1.807, 2.05) is 11.0 Å². The van der Waals surface area contributed by atoms with Crippen molar-refractivity contribution in [2.75, 3.05) is 18.4 Å². The number of rotatable bonds is 3. The third-order valence-corrected chi connectivity index (χ3v) is 2.98. The first-order chi connectivity index (χ1) is 8.72. The zero-order chi connectivity index (χ0) is 13.0. The van der Waals surface area contributed by atoms with Crippen LogP contribution in [0.4, 0.5) is 5.82 Å². The van der Waals surface area contributed by atoms with Gasteiger partial charge in [-0.2, -0.15) is 10.4 Å². The molecule has 6 nitrogen and oxygen atoms in total. The third-order valence-electron chi connectivity index (χ3n) is 2.98. The van der Waals surface area contributed by atoms with Crippen LogP contribution in [0.5, 0.6) is 0 Å². The average molecular weight is 245 g/mol. The van der Waals surface area contributed by atoms with Crippen molar-refractivity contribution in [3.8, 4) is 6.07 Å². The van der Waals surface area contributed by atoms with Gasteiger partial charge < -0.3 is 10.2 Å². The summed E-state index contributed by atoms with van der Waals surface area (Å²) in [5.41, 5.74) is 0.395. The van der Waals surface area contributed by atoms with Gasteiger partial charge in [0.15, 0.2) is 5.82 Å². The highest BCUT2D eigenvalue weighted by Gasteiger charge is 2.23. The molecule has 1 aliphatic heterocycles. The predicted molar refractivity (Wildman–Crippen MR) is 65.6 cm³/mol. The topological polar surface area (TPSA) is 81.9 Å². The van der Waals surface area contributed by atoms with Crippen LogP contribution in [-0.2, 0) is 4.79 Å². The maximum absolute atomic E-state index is 12.1. The minimum atomic E-state index is -0.396. The van der Waals surface area contributed by atoms with Crippen LogP contribution in [0.3, 0.4) is 0 Å². The van der Waals surface area contributed by atoms with E-state index in [1.165, 1.54) is 6.20 Å². The van der Waals surface area contributed by atoms with Crippen LogP contribution in [0.15, 0.2) is 12.3 Å². The molecule has 0 radical (unpaired) electrons. The summed E-state index contributed by atoms with van der Waals surface area (Å²) in [5.74, 6) is 0.405. The summed E-state index contributed by atoms with van der Waals surface area (Å²) in [5, 5.41) is 19.4. The van der Waals surface area contributed by atoms with Crippen molar-refractivity contribution >= 4 is 11.7 Å². The first-order valence-corrected chi connectivity index (χ1v) is 5.99. The highest BCUT2D eigenvalue weighted by molar-refractivity contribution is 5.84. The predicted octanol–water partition coefficient (Wildman–Crippen LogP) is 0.771. The fraction of sp³-hybridized carbons (Fsp3) is 0.500. The summed E-state index contributed by atoms with van der Waals surface area (Å²) in [4.78, 5) is 13.9. The van der Waals surface area contributed by atoms with Gasteiger partial charge in [0.1, 0.15) is 12.1 Å². The van der Waals surface area contributed by atoms with E-state index < -0.39 is 6.04 Å². The summed E-state index contributed by atoms with van der Waals surface area (Å²) in [6, 6.07) is 3.19. The van der Waals surface area contributed by atoms with E-state index in [1.54, 1.807) is 13.0 Å². The van der Waals surface area contributed by atoms with Gasteiger partial charge in [0, 0.05) is 13.1 Å². The molecular formula is C12H15N5O. The number of nitrogens with zero attached hydrogens (tertiary/aromatic N) is 4. The lowest BCUT2D eigenvalue weighted by atomic mass is 10.2. The van der Waals surface area contributed by atoms with Gasteiger partial charge in [-0.25, -0.2) is 0 Å². The Morgan fingerprint density at radius 3 is 2.94 bits per heavy atom. The molecule has 1 atom stereocenters. The Bertz CT molecular complexity index is 476. The fourth-order valence-corrected chi connectivity index (χ4v) is 2.01. The Morgan fingerprint density at radius 2 is 2.28 bits per heavy atom. The van der Waals surface area contributed by atoms with Gasteiger partial charge in [-0.3, -0.25) is 4.79 Å². The molecule has 2 heterocycles. The zero-order valence-corrected chi connectivity index (χ0v) is 10.3. The van der Waals surface area contributed by atoms with Crippen molar-refractivity contribution in [3.05, 3.63) is 17.8 Å². The average Bonchev–Trinajstić information content (AvgIpc) is 2.92. The molecule has 1 amide bonds. The van der Waals surface area contributed by atoms with Gasteiger partial charge in [0.2, 0.25) is 5.91 Å². The second kappa shape index (κ2) is 5.45. The molecule has 1 fully saturated rings. The third kappa shape index (κ3) is 2.56.